The van der Waals surface area contributed by atoms with Gasteiger partial charge in [0.25, 0.3) is 5.91 Å². The molecular weight excluding hydrogens is 394 g/mol. The van der Waals surface area contributed by atoms with Crippen molar-refractivity contribution in [3.63, 3.8) is 0 Å². The summed E-state index contributed by atoms with van der Waals surface area (Å²) in [5, 5.41) is 3.55. The molecule has 1 aromatic heterocycles. The highest BCUT2D eigenvalue weighted by Crippen LogP contribution is 2.26. The summed E-state index contributed by atoms with van der Waals surface area (Å²) in [5.41, 5.74) is 3.03. The van der Waals surface area contributed by atoms with Gasteiger partial charge in [0.15, 0.2) is 6.29 Å². The first-order chi connectivity index (χ1) is 15.3. The number of carbonyl (C=O) groups excluding carboxylic acids is 1. The summed E-state index contributed by atoms with van der Waals surface area (Å²) in [4.78, 5) is 28.7. The average molecular weight is 430 g/mol. The van der Waals surface area contributed by atoms with E-state index in [4.69, 9.17) is 9.57 Å². The Labute approximate surface area is 184 Å². The number of likely N-dealkylation sites (tertiary alicyclic amines) is 1. The lowest BCUT2D eigenvalue weighted by Gasteiger charge is -2.40. The number of hydroxylamine groups is 1. The van der Waals surface area contributed by atoms with Crippen LogP contribution >= 0.6 is 0 Å². The Morgan fingerprint density at radius 2 is 1.94 bits per heavy atom. The number of amides is 1. The third kappa shape index (κ3) is 6.98. The third-order valence-corrected chi connectivity index (χ3v) is 6.40. The Hall–Kier alpha value is -2.03. The number of nitrogens with zero attached hydrogens (tertiary/aromatic N) is 3. The van der Waals surface area contributed by atoms with Gasteiger partial charge in [-0.05, 0) is 51.1 Å². The van der Waals surface area contributed by atoms with E-state index in [1.807, 2.05) is 0 Å². The SMILES string of the molecule is O=C(/C=C/c1cnc(N[C@@H]2CCCN(C3CCCCC3)C2)cn1)NOC1CCCCO1. The third-order valence-electron chi connectivity index (χ3n) is 6.40. The lowest BCUT2D eigenvalue weighted by Crippen LogP contribution is -2.47. The molecule has 3 heterocycles. The number of aromatic nitrogens is 2. The fourth-order valence-electron chi connectivity index (χ4n) is 4.73. The van der Waals surface area contributed by atoms with E-state index in [9.17, 15) is 4.79 Å². The summed E-state index contributed by atoms with van der Waals surface area (Å²) in [5.74, 6) is 0.443. The first-order valence-corrected chi connectivity index (χ1v) is 11.8. The van der Waals surface area contributed by atoms with Crippen LogP contribution in [-0.4, -0.2) is 58.8 Å². The summed E-state index contributed by atoms with van der Waals surface area (Å²) in [6, 6.07) is 1.17. The molecule has 1 saturated carbocycles. The second kappa shape index (κ2) is 11.5. The predicted octanol–water partition coefficient (Wildman–Crippen LogP) is 3.27. The van der Waals surface area contributed by atoms with E-state index in [1.54, 1.807) is 18.5 Å². The van der Waals surface area contributed by atoms with Crippen molar-refractivity contribution in [2.24, 2.45) is 0 Å². The zero-order valence-corrected chi connectivity index (χ0v) is 18.3. The molecule has 8 nitrogen and oxygen atoms in total. The maximum Gasteiger partial charge on any atom is 0.267 e. The topological polar surface area (TPSA) is 88.6 Å². The van der Waals surface area contributed by atoms with Gasteiger partial charge in [0, 0.05) is 37.7 Å². The van der Waals surface area contributed by atoms with Crippen molar-refractivity contribution in [3.8, 4) is 0 Å². The number of carbonyl (C=O) groups is 1. The molecule has 1 amide bonds. The standard InChI is InChI=1S/C23H35N5O3/c29-22(27-31-23-10-4-5-14-30-23)12-11-18-15-25-21(16-24-18)26-19-7-6-13-28(17-19)20-8-2-1-3-9-20/h11-12,15-16,19-20,23H,1-10,13-14,17H2,(H,25,26)(H,27,29)/b12-11+/t19-,23?/m1/s1. The molecule has 0 aromatic carbocycles. The number of ether oxygens (including phenoxy) is 1. The van der Waals surface area contributed by atoms with Crippen molar-refractivity contribution in [2.75, 3.05) is 25.0 Å². The van der Waals surface area contributed by atoms with Gasteiger partial charge in [-0.2, -0.15) is 0 Å². The molecule has 1 aromatic rings. The lowest BCUT2D eigenvalue weighted by molar-refractivity contribution is -0.198. The second-order valence-corrected chi connectivity index (χ2v) is 8.81. The Morgan fingerprint density at radius 3 is 2.71 bits per heavy atom. The molecule has 1 unspecified atom stereocenters. The van der Waals surface area contributed by atoms with Crippen LogP contribution in [0.15, 0.2) is 18.5 Å². The highest BCUT2D eigenvalue weighted by Gasteiger charge is 2.27. The van der Waals surface area contributed by atoms with Crippen LogP contribution in [0.4, 0.5) is 5.82 Å². The van der Waals surface area contributed by atoms with Gasteiger partial charge in [0.1, 0.15) is 5.82 Å². The van der Waals surface area contributed by atoms with Crippen LogP contribution < -0.4 is 10.8 Å². The van der Waals surface area contributed by atoms with E-state index in [-0.39, 0.29) is 12.2 Å². The van der Waals surface area contributed by atoms with Gasteiger partial charge in [-0.15, -0.1) is 0 Å². The lowest BCUT2D eigenvalue weighted by atomic mass is 9.92. The van der Waals surface area contributed by atoms with E-state index < -0.39 is 0 Å². The maximum absolute atomic E-state index is 11.9. The number of hydrogen-bond acceptors (Lipinski definition) is 7. The smallest absolute Gasteiger partial charge is 0.267 e. The summed E-state index contributed by atoms with van der Waals surface area (Å²) in [6.45, 7) is 2.97. The van der Waals surface area contributed by atoms with Crippen LogP contribution in [0.5, 0.6) is 0 Å². The highest BCUT2D eigenvalue weighted by molar-refractivity contribution is 5.90. The van der Waals surface area contributed by atoms with Gasteiger partial charge >= 0.3 is 0 Å². The Balaban J connectivity index is 1.21. The van der Waals surface area contributed by atoms with E-state index in [0.29, 0.717) is 18.3 Å². The molecule has 2 atom stereocenters. The number of piperidine rings is 1. The molecular formula is C23H35N5O3. The monoisotopic (exact) mass is 429 g/mol. The van der Waals surface area contributed by atoms with Gasteiger partial charge in [0.2, 0.25) is 0 Å². The molecule has 0 spiro atoms. The minimum absolute atomic E-state index is 0.344. The Bertz CT molecular complexity index is 714. The number of nitrogens with one attached hydrogen (secondary N) is 2. The van der Waals surface area contributed by atoms with Crippen molar-refractivity contribution in [1.29, 1.82) is 0 Å². The summed E-state index contributed by atoms with van der Waals surface area (Å²) in [7, 11) is 0. The molecule has 1 aliphatic carbocycles. The van der Waals surface area contributed by atoms with E-state index in [0.717, 1.165) is 44.1 Å². The Morgan fingerprint density at radius 1 is 1.06 bits per heavy atom. The fourth-order valence-corrected chi connectivity index (χ4v) is 4.73. The van der Waals surface area contributed by atoms with E-state index >= 15 is 0 Å². The molecule has 2 saturated heterocycles. The highest BCUT2D eigenvalue weighted by atomic mass is 16.8. The van der Waals surface area contributed by atoms with E-state index in [2.05, 4.69) is 25.7 Å². The number of hydrogen-bond donors (Lipinski definition) is 2. The molecule has 2 N–H and O–H groups in total. The van der Waals surface area contributed by atoms with Crippen LogP contribution in [-0.2, 0) is 14.4 Å². The van der Waals surface area contributed by atoms with Gasteiger partial charge in [-0.1, -0.05) is 19.3 Å². The second-order valence-electron chi connectivity index (χ2n) is 8.81. The molecule has 4 rings (SSSR count). The minimum Gasteiger partial charge on any atom is -0.365 e. The van der Waals surface area contributed by atoms with Gasteiger partial charge < -0.3 is 10.1 Å². The predicted molar refractivity (Wildman–Crippen MR) is 119 cm³/mol. The Kier molecular flexibility index (Phi) is 8.26. The van der Waals surface area contributed by atoms with Gasteiger partial charge in [-0.25, -0.2) is 15.3 Å². The maximum atomic E-state index is 11.9. The number of anilines is 1. The molecule has 3 aliphatic rings. The van der Waals surface area contributed by atoms with E-state index in [1.165, 1.54) is 51.1 Å². The van der Waals surface area contributed by atoms with Gasteiger partial charge in [-0.3, -0.25) is 14.7 Å². The minimum atomic E-state index is -0.356. The molecule has 31 heavy (non-hydrogen) atoms. The van der Waals surface area contributed by atoms with Crippen LogP contribution in [0.1, 0.15) is 69.9 Å². The first kappa shape index (κ1) is 22.2. The largest absolute Gasteiger partial charge is 0.365 e. The molecule has 170 valence electrons. The van der Waals surface area contributed by atoms with Gasteiger partial charge in [0.05, 0.1) is 18.1 Å². The summed E-state index contributed by atoms with van der Waals surface area (Å²) >= 11 is 0. The van der Waals surface area contributed by atoms with Crippen molar-refractivity contribution >= 4 is 17.8 Å². The summed E-state index contributed by atoms with van der Waals surface area (Å²) in [6.07, 6.45) is 18.2. The zero-order valence-electron chi connectivity index (χ0n) is 18.3. The van der Waals surface area contributed by atoms with Crippen LogP contribution in [0.25, 0.3) is 6.08 Å². The molecule has 0 radical (unpaired) electrons. The molecule has 0 bridgehead atoms. The summed E-state index contributed by atoms with van der Waals surface area (Å²) < 4.78 is 5.41. The van der Waals surface area contributed by atoms with Crippen LogP contribution in [0.2, 0.25) is 0 Å². The fraction of sp³-hybridized carbons (Fsp3) is 0.696. The van der Waals surface area contributed by atoms with Crippen LogP contribution in [0.3, 0.4) is 0 Å². The zero-order chi connectivity index (χ0) is 21.3. The number of rotatable bonds is 7. The van der Waals surface area contributed by atoms with Crippen molar-refractivity contribution in [3.05, 3.63) is 24.2 Å². The normalized spacial score (nSPS) is 26.1. The average Bonchev–Trinajstić information content (AvgIpc) is 2.84. The van der Waals surface area contributed by atoms with Crippen molar-refractivity contribution in [1.82, 2.24) is 20.3 Å². The molecule has 8 heteroatoms. The van der Waals surface area contributed by atoms with Crippen molar-refractivity contribution in [2.45, 2.75) is 82.6 Å². The van der Waals surface area contributed by atoms with Crippen LogP contribution in [0, 0.1) is 0 Å². The quantitative estimate of drug-likeness (QED) is 0.508. The first-order valence-electron chi connectivity index (χ1n) is 11.8. The molecule has 3 fully saturated rings. The van der Waals surface area contributed by atoms with Crippen molar-refractivity contribution < 1.29 is 14.4 Å². The molecule has 2 aliphatic heterocycles.